The first-order valence-corrected chi connectivity index (χ1v) is 12.4. The van der Waals surface area contributed by atoms with Gasteiger partial charge in [0, 0.05) is 5.41 Å². The summed E-state index contributed by atoms with van der Waals surface area (Å²) in [5.74, 6) is -4.24. The molecule has 5 aliphatic rings. The van der Waals surface area contributed by atoms with Crippen molar-refractivity contribution in [2.75, 3.05) is 19.8 Å². The van der Waals surface area contributed by atoms with Gasteiger partial charge in [-0.05, 0) is 25.2 Å². The molecule has 0 radical (unpaired) electrons. The van der Waals surface area contributed by atoms with Crippen molar-refractivity contribution in [2.45, 2.75) is 76.8 Å². The molecule has 0 aromatic rings. The Kier molecular flexibility index (Phi) is 5.88. The Morgan fingerprint density at radius 1 is 1.17 bits per heavy atom. The van der Waals surface area contributed by atoms with Crippen LogP contribution in [0.1, 0.15) is 52.9 Å². The molecule has 3 saturated heterocycles. The van der Waals surface area contributed by atoms with Gasteiger partial charge in [-0.3, -0.25) is 9.68 Å². The second-order valence-electron chi connectivity index (χ2n) is 10.6. The molecule has 0 aromatic carbocycles. The summed E-state index contributed by atoms with van der Waals surface area (Å²) in [7, 11) is 0. The van der Waals surface area contributed by atoms with Gasteiger partial charge < -0.3 is 24.1 Å². The van der Waals surface area contributed by atoms with Crippen molar-refractivity contribution in [2.24, 2.45) is 28.6 Å². The average Bonchev–Trinajstić information content (AvgIpc) is 3.39. The van der Waals surface area contributed by atoms with E-state index in [0.717, 1.165) is 19.3 Å². The number of hydrogen-bond acceptors (Lipinski definition) is 10. The summed E-state index contributed by atoms with van der Waals surface area (Å²) in [4.78, 5) is 61.2. The van der Waals surface area contributed by atoms with E-state index in [2.05, 4.69) is 6.92 Å². The number of esters is 2. The normalized spacial score (nSPS) is 45.3. The fourth-order valence-corrected chi connectivity index (χ4v) is 7.94. The van der Waals surface area contributed by atoms with Crippen molar-refractivity contribution in [1.82, 2.24) is 0 Å². The minimum absolute atomic E-state index is 0.0382. The third-order valence-corrected chi connectivity index (χ3v) is 9.30. The van der Waals surface area contributed by atoms with Crippen LogP contribution in [0.5, 0.6) is 0 Å². The van der Waals surface area contributed by atoms with E-state index < -0.39 is 77.1 Å². The Balaban J connectivity index is 1.57. The SMILES string of the molecule is CCCC[C@@H]1CC2OC(=O)[C@]34OOC(=O)[C@@H](OCCOCC(=O)O)C1(C)C23CC1OC(=O)C(C)[C@H]14. The van der Waals surface area contributed by atoms with Crippen LogP contribution in [0.3, 0.4) is 0 Å². The third kappa shape index (κ3) is 3.00. The van der Waals surface area contributed by atoms with Crippen LogP contribution in [0.2, 0.25) is 0 Å². The molecule has 0 bridgehead atoms. The minimum atomic E-state index is -1.67. The maximum absolute atomic E-state index is 13.6. The lowest BCUT2D eigenvalue weighted by molar-refractivity contribution is -0.344. The van der Waals surface area contributed by atoms with Gasteiger partial charge in [0.25, 0.3) is 0 Å². The summed E-state index contributed by atoms with van der Waals surface area (Å²) in [6, 6.07) is 0. The van der Waals surface area contributed by atoms with Crippen molar-refractivity contribution >= 4 is 23.9 Å². The maximum atomic E-state index is 13.6. The lowest BCUT2D eigenvalue weighted by Gasteiger charge is -2.49. The van der Waals surface area contributed by atoms with E-state index in [0.29, 0.717) is 12.8 Å². The van der Waals surface area contributed by atoms with Crippen molar-refractivity contribution in [3.05, 3.63) is 0 Å². The van der Waals surface area contributed by atoms with Gasteiger partial charge in [-0.15, -0.1) is 0 Å². The number of fused-ring (bicyclic) bond motifs is 1. The van der Waals surface area contributed by atoms with Crippen molar-refractivity contribution in [3.8, 4) is 0 Å². The van der Waals surface area contributed by atoms with Gasteiger partial charge in [0.2, 0.25) is 5.60 Å². The van der Waals surface area contributed by atoms with Gasteiger partial charge in [-0.2, -0.15) is 4.89 Å². The number of unbranched alkanes of at least 4 members (excludes halogenated alkanes) is 1. The smallest absolute Gasteiger partial charge is 0.371 e. The molecule has 11 heteroatoms. The molecule has 0 amide bonds. The van der Waals surface area contributed by atoms with Crippen molar-refractivity contribution in [3.63, 3.8) is 0 Å². The zero-order chi connectivity index (χ0) is 25.2. The van der Waals surface area contributed by atoms with Gasteiger partial charge in [-0.1, -0.05) is 33.6 Å². The zero-order valence-electron chi connectivity index (χ0n) is 20.2. The largest absolute Gasteiger partial charge is 0.480 e. The molecule has 9 atom stereocenters. The molecule has 5 rings (SSSR count). The van der Waals surface area contributed by atoms with Crippen LogP contribution in [0.4, 0.5) is 0 Å². The Labute approximate surface area is 202 Å². The highest BCUT2D eigenvalue weighted by Gasteiger charge is 2.91. The first kappa shape index (κ1) is 24.5. The van der Waals surface area contributed by atoms with E-state index in [9.17, 15) is 19.2 Å². The van der Waals surface area contributed by atoms with Crippen LogP contribution in [-0.2, 0) is 47.9 Å². The Hall–Kier alpha value is -2.24. The predicted octanol–water partition coefficient (Wildman–Crippen LogP) is 1.41. The zero-order valence-corrected chi connectivity index (χ0v) is 20.2. The molecule has 3 aliphatic heterocycles. The Morgan fingerprint density at radius 2 is 1.94 bits per heavy atom. The fourth-order valence-electron chi connectivity index (χ4n) is 7.94. The highest BCUT2D eigenvalue weighted by Crippen LogP contribution is 2.77. The van der Waals surface area contributed by atoms with E-state index in [1.54, 1.807) is 6.92 Å². The van der Waals surface area contributed by atoms with E-state index in [-0.39, 0.29) is 19.1 Å². The number of rotatable bonds is 9. The van der Waals surface area contributed by atoms with Crippen LogP contribution < -0.4 is 0 Å². The summed E-state index contributed by atoms with van der Waals surface area (Å²) in [6.07, 6.45) is 1.27. The summed E-state index contributed by atoms with van der Waals surface area (Å²) >= 11 is 0. The molecule has 0 aromatic heterocycles. The van der Waals surface area contributed by atoms with E-state index in [1.165, 1.54) is 0 Å². The average molecular weight is 497 g/mol. The topological polar surface area (TPSA) is 144 Å². The number of ether oxygens (including phenoxy) is 4. The number of carboxylic acids is 1. The Morgan fingerprint density at radius 3 is 2.66 bits per heavy atom. The van der Waals surface area contributed by atoms with Crippen molar-refractivity contribution in [1.29, 1.82) is 0 Å². The second-order valence-corrected chi connectivity index (χ2v) is 10.6. The highest BCUT2D eigenvalue weighted by atomic mass is 17.2. The highest BCUT2D eigenvalue weighted by molar-refractivity contribution is 5.90. The lowest BCUT2D eigenvalue weighted by Crippen LogP contribution is -2.62. The van der Waals surface area contributed by atoms with Gasteiger partial charge in [-0.25, -0.2) is 14.4 Å². The molecular weight excluding hydrogens is 464 g/mol. The minimum Gasteiger partial charge on any atom is -0.480 e. The quantitative estimate of drug-likeness (QED) is 0.281. The third-order valence-electron chi connectivity index (χ3n) is 9.30. The second kappa shape index (κ2) is 8.41. The molecule has 11 nitrogen and oxygen atoms in total. The first-order chi connectivity index (χ1) is 16.6. The molecule has 35 heavy (non-hydrogen) atoms. The van der Waals surface area contributed by atoms with Crippen molar-refractivity contribution < 1.29 is 53.0 Å². The summed E-state index contributed by atoms with van der Waals surface area (Å²) < 4.78 is 22.8. The Bertz CT molecular complexity index is 934. The molecular formula is C24H32O11. The molecule has 3 heterocycles. The van der Waals surface area contributed by atoms with Crippen LogP contribution in [-0.4, -0.2) is 72.7 Å². The molecule has 1 N–H and O–H groups in total. The number of hydrogen-bond donors (Lipinski definition) is 1. The maximum Gasteiger partial charge on any atom is 0.371 e. The lowest BCUT2D eigenvalue weighted by atomic mass is 9.53. The van der Waals surface area contributed by atoms with Gasteiger partial charge in [0.15, 0.2) is 6.10 Å². The van der Waals surface area contributed by atoms with Crippen LogP contribution >= 0.6 is 0 Å². The number of aliphatic carboxylic acids is 1. The molecule has 2 saturated carbocycles. The van der Waals surface area contributed by atoms with E-state index in [1.807, 2.05) is 6.92 Å². The summed E-state index contributed by atoms with van der Waals surface area (Å²) in [6.45, 7) is 5.15. The monoisotopic (exact) mass is 496 g/mol. The van der Waals surface area contributed by atoms with Gasteiger partial charge in [0.1, 0.15) is 18.8 Å². The summed E-state index contributed by atoms with van der Waals surface area (Å²) in [5.41, 5.74) is -3.61. The predicted molar refractivity (Wildman–Crippen MR) is 113 cm³/mol. The number of carbonyl (C=O) groups excluding carboxylic acids is 3. The fraction of sp³-hybridized carbons (Fsp3) is 0.833. The van der Waals surface area contributed by atoms with Crippen LogP contribution in [0.25, 0.3) is 0 Å². The molecule has 194 valence electrons. The van der Waals surface area contributed by atoms with E-state index >= 15 is 0 Å². The van der Waals surface area contributed by atoms with Gasteiger partial charge >= 0.3 is 23.9 Å². The first-order valence-electron chi connectivity index (χ1n) is 12.4. The van der Waals surface area contributed by atoms with E-state index in [4.69, 9.17) is 33.8 Å². The molecule has 5 unspecified atom stereocenters. The molecule has 5 fully saturated rings. The molecule has 2 aliphatic carbocycles. The van der Waals surface area contributed by atoms with Gasteiger partial charge in [0.05, 0.1) is 30.5 Å². The standard InChI is InChI=1S/C24H32O11/c1-4-5-6-13-9-15-23-10-14-17(12(2)19(27)32-14)24(23,21(29)33-15)35-34-20(28)18(22(13,23)3)31-8-7-30-11-16(25)26/h12-15,17-18H,4-11H2,1-3H3,(H,25,26)/t12?,13-,14?,15?,17-,18-,22?,23?,24+/m1/s1. The van der Waals surface area contributed by atoms with Crippen LogP contribution in [0, 0.1) is 28.6 Å². The molecule has 1 spiro atoms. The number of carboxylic acid groups (broad SMARTS) is 1. The number of carbonyl (C=O) groups is 4. The van der Waals surface area contributed by atoms with Crippen LogP contribution in [0.15, 0.2) is 0 Å². The summed E-state index contributed by atoms with van der Waals surface area (Å²) in [5, 5.41) is 8.79.